The number of hydrogen-bond acceptors (Lipinski definition) is 6. The molecule has 0 radical (unpaired) electrons. The number of aromatic nitrogens is 1. The Bertz CT molecular complexity index is 1050. The van der Waals surface area contributed by atoms with E-state index < -0.39 is 12.6 Å². The van der Waals surface area contributed by atoms with Crippen LogP contribution in [0.25, 0.3) is 10.6 Å². The van der Waals surface area contributed by atoms with Crippen LogP contribution in [0.1, 0.15) is 40.6 Å². The largest absolute Gasteiger partial charge is 0.453 e. The van der Waals surface area contributed by atoms with Crippen molar-refractivity contribution >= 4 is 46.3 Å². The lowest BCUT2D eigenvalue weighted by Gasteiger charge is -2.06. The standard InChI is InChI=1S/C22H19ClN2O4S/c1-2-3-20(27)24-17-10-6-14(7-11-17)19(26)12-29-22(28)18-13-30-21(25-18)15-4-8-16(23)9-5-15/h4-11,13H,2-3,12H2,1H3,(H,24,27). The number of benzene rings is 2. The number of nitrogens with zero attached hydrogens (tertiary/aromatic N) is 1. The number of Topliss-reactive ketones (excluding diaryl/α,β-unsaturated/α-hetero) is 1. The van der Waals surface area contributed by atoms with E-state index >= 15 is 0 Å². The van der Waals surface area contributed by atoms with Crippen molar-refractivity contribution in [2.24, 2.45) is 0 Å². The number of nitrogens with one attached hydrogen (secondary N) is 1. The van der Waals surface area contributed by atoms with Crippen LogP contribution in [-0.2, 0) is 9.53 Å². The van der Waals surface area contributed by atoms with Gasteiger partial charge in [-0.1, -0.05) is 30.7 Å². The Morgan fingerprint density at radius 1 is 1.07 bits per heavy atom. The summed E-state index contributed by atoms with van der Waals surface area (Å²) in [6, 6.07) is 13.6. The minimum absolute atomic E-state index is 0.0771. The number of ether oxygens (including phenoxy) is 1. The fraction of sp³-hybridized carbons (Fsp3) is 0.182. The maximum Gasteiger partial charge on any atom is 0.358 e. The second kappa shape index (κ2) is 10.1. The van der Waals surface area contributed by atoms with Crippen molar-refractivity contribution in [2.45, 2.75) is 19.8 Å². The molecule has 3 rings (SSSR count). The van der Waals surface area contributed by atoms with Gasteiger partial charge in [0.15, 0.2) is 18.1 Å². The summed E-state index contributed by atoms with van der Waals surface area (Å²) >= 11 is 7.18. The number of amides is 1. The van der Waals surface area contributed by atoms with Crippen LogP contribution in [0.5, 0.6) is 0 Å². The average molecular weight is 443 g/mol. The first kappa shape index (κ1) is 21.7. The number of halogens is 1. The van der Waals surface area contributed by atoms with Gasteiger partial charge >= 0.3 is 5.97 Å². The molecule has 8 heteroatoms. The molecule has 0 aliphatic carbocycles. The number of carbonyl (C=O) groups excluding carboxylic acids is 3. The Labute approximate surface area is 182 Å². The summed E-state index contributed by atoms with van der Waals surface area (Å²) in [6.07, 6.45) is 1.20. The Kier molecular flexibility index (Phi) is 7.32. The lowest BCUT2D eigenvalue weighted by molar-refractivity contribution is -0.116. The molecule has 0 atom stereocenters. The molecule has 0 saturated heterocycles. The van der Waals surface area contributed by atoms with E-state index in [1.165, 1.54) is 11.3 Å². The van der Waals surface area contributed by atoms with Crippen molar-refractivity contribution in [3.63, 3.8) is 0 Å². The van der Waals surface area contributed by atoms with Crippen molar-refractivity contribution in [3.8, 4) is 10.6 Å². The number of hydrogen-bond donors (Lipinski definition) is 1. The van der Waals surface area contributed by atoms with Gasteiger partial charge < -0.3 is 10.1 Å². The first-order chi connectivity index (χ1) is 14.5. The zero-order valence-electron chi connectivity index (χ0n) is 16.2. The van der Waals surface area contributed by atoms with Crippen LogP contribution in [0, 0.1) is 0 Å². The number of anilines is 1. The molecule has 154 valence electrons. The van der Waals surface area contributed by atoms with Crippen molar-refractivity contribution in [3.05, 3.63) is 70.2 Å². The minimum Gasteiger partial charge on any atom is -0.453 e. The Morgan fingerprint density at radius 2 is 1.77 bits per heavy atom. The van der Waals surface area contributed by atoms with Gasteiger partial charge in [-0.25, -0.2) is 9.78 Å². The molecule has 0 aliphatic rings. The van der Waals surface area contributed by atoms with Gasteiger partial charge in [-0.15, -0.1) is 11.3 Å². The number of thiazole rings is 1. The summed E-state index contributed by atoms with van der Waals surface area (Å²) in [5.74, 6) is -1.09. The zero-order valence-corrected chi connectivity index (χ0v) is 17.8. The lowest BCUT2D eigenvalue weighted by atomic mass is 10.1. The summed E-state index contributed by atoms with van der Waals surface area (Å²) < 4.78 is 5.10. The van der Waals surface area contributed by atoms with Crippen LogP contribution in [0.4, 0.5) is 5.69 Å². The monoisotopic (exact) mass is 442 g/mol. The highest BCUT2D eigenvalue weighted by Crippen LogP contribution is 2.25. The molecule has 1 N–H and O–H groups in total. The first-order valence-corrected chi connectivity index (χ1v) is 10.5. The maximum absolute atomic E-state index is 12.3. The van der Waals surface area contributed by atoms with Crippen molar-refractivity contribution in [1.29, 1.82) is 0 Å². The highest BCUT2D eigenvalue weighted by molar-refractivity contribution is 7.13. The quantitative estimate of drug-likeness (QED) is 0.380. The van der Waals surface area contributed by atoms with E-state index in [4.69, 9.17) is 16.3 Å². The fourth-order valence-electron chi connectivity index (χ4n) is 2.57. The van der Waals surface area contributed by atoms with E-state index in [2.05, 4.69) is 10.3 Å². The Hall–Kier alpha value is -3.03. The smallest absolute Gasteiger partial charge is 0.358 e. The first-order valence-electron chi connectivity index (χ1n) is 9.28. The molecular weight excluding hydrogens is 424 g/mol. The van der Waals surface area contributed by atoms with Gasteiger partial charge in [-0.2, -0.15) is 0 Å². The van der Waals surface area contributed by atoms with E-state index in [0.717, 1.165) is 12.0 Å². The van der Waals surface area contributed by atoms with Crippen molar-refractivity contribution in [1.82, 2.24) is 4.98 Å². The van der Waals surface area contributed by atoms with Crippen LogP contribution < -0.4 is 5.32 Å². The molecule has 0 fully saturated rings. The predicted octanol–water partition coefficient (Wildman–Crippen LogP) is 5.24. The molecule has 2 aromatic carbocycles. The molecule has 6 nitrogen and oxygen atoms in total. The molecule has 0 unspecified atom stereocenters. The van der Waals surface area contributed by atoms with Crippen LogP contribution >= 0.6 is 22.9 Å². The van der Waals surface area contributed by atoms with E-state index in [1.54, 1.807) is 41.8 Å². The summed E-state index contributed by atoms with van der Waals surface area (Å²) in [6.45, 7) is 1.53. The Balaban J connectivity index is 1.55. The maximum atomic E-state index is 12.3. The zero-order chi connectivity index (χ0) is 21.5. The summed E-state index contributed by atoms with van der Waals surface area (Å²) in [7, 11) is 0. The highest BCUT2D eigenvalue weighted by Gasteiger charge is 2.16. The molecular formula is C22H19ClN2O4S. The van der Waals surface area contributed by atoms with E-state index in [0.29, 0.717) is 27.7 Å². The number of rotatable bonds is 8. The van der Waals surface area contributed by atoms with Gasteiger partial charge in [0.1, 0.15) is 5.01 Å². The molecule has 0 spiro atoms. The van der Waals surface area contributed by atoms with Crippen LogP contribution in [0.3, 0.4) is 0 Å². The summed E-state index contributed by atoms with van der Waals surface area (Å²) in [5.41, 5.74) is 1.98. The van der Waals surface area contributed by atoms with Crippen molar-refractivity contribution < 1.29 is 19.1 Å². The second-order valence-electron chi connectivity index (χ2n) is 6.42. The molecule has 30 heavy (non-hydrogen) atoms. The molecule has 0 saturated carbocycles. The predicted molar refractivity (Wildman–Crippen MR) is 117 cm³/mol. The number of carbonyl (C=O) groups is 3. The van der Waals surface area contributed by atoms with Crippen LogP contribution in [0.2, 0.25) is 5.02 Å². The van der Waals surface area contributed by atoms with Crippen molar-refractivity contribution in [2.75, 3.05) is 11.9 Å². The molecule has 0 bridgehead atoms. The highest BCUT2D eigenvalue weighted by atomic mass is 35.5. The van der Waals surface area contributed by atoms with Crippen LogP contribution in [-0.4, -0.2) is 29.3 Å². The third-order valence-electron chi connectivity index (χ3n) is 4.11. The van der Waals surface area contributed by atoms with Gasteiger partial charge in [-0.3, -0.25) is 9.59 Å². The molecule has 1 aromatic heterocycles. The fourth-order valence-corrected chi connectivity index (χ4v) is 3.49. The third-order valence-corrected chi connectivity index (χ3v) is 5.25. The average Bonchev–Trinajstić information content (AvgIpc) is 3.23. The lowest BCUT2D eigenvalue weighted by Crippen LogP contribution is -2.15. The van der Waals surface area contributed by atoms with E-state index in [9.17, 15) is 14.4 Å². The summed E-state index contributed by atoms with van der Waals surface area (Å²) in [5, 5.41) is 5.61. The normalized spacial score (nSPS) is 10.5. The molecule has 0 aliphatic heterocycles. The third kappa shape index (κ3) is 5.75. The molecule has 3 aromatic rings. The number of esters is 1. The number of ketones is 1. The van der Waals surface area contributed by atoms with Gasteiger partial charge in [-0.05, 0) is 42.8 Å². The Morgan fingerprint density at radius 3 is 2.43 bits per heavy atom. The SMILES string of the molecule is CCCC(=O)Nc1ccc(C(=O)COC(=O)c2csc(-c3ccc(Cl)cc3)n2)cc1. The van der Waals surface area contributed by atoms with Gasteiger partial charge in [0.05, 0.1) is 0 Å². The van der Waals surface area contributed by atoms with Gasteiger partial charge in [0, 0.05) is 33.6 Å². The van der Waals surface area contributed by atoms with E-state index in [1.807, 2.05) is 19.1 Å². The molecule has 1 amide bonds. The molecule has 1 heterocycles. The van der Waals surface area contributed by atoms with E-state index in [-0.39, 0.29) is 17.4 Å². The minimum atomic E-state index is -0.664. The van der Waals surface area contributed by atoms with Gasteiger partial charge in [0.25, 0.3) is 0 Å². The summed E-state index contributed by atoms with van der Waals surface area (Å²) in [4.78, 5) is 40.4. The van der Waals surface area contributed by atoms with Crippen LogP contribution in [0.15, 0.2) is 53.9 Å². The van der Waals surface area contributed by atoms with Gasteiger partial charge in [0.2, 0.25) is 5.91 Å². The second-order valence-corrected chi connectivity index (χ2v) is 7.71. The topological polar surface area (TPSA) is 85.4 Å².